The van der Waals surface area contributed by atoms with Gasteiger partial charge in [-0.25, -0.2) is 4.79 Å². The molecule has 0 aromatic heterocycles. The standard InChI is InChI=1S/C8H9Br.C8H7N.C8H8O2.C8H10O.4C2H6/c2*1-7-4-2-3-5-8(7)6-9;1-6-4-2-3-5-7(6)8(9)10;1-7-4-2-3-5-8(7)6-9;4*1-2/h2-5H,6H2,1H3;2-5H,1H3;2-5H,1H3,(H,9,10);2-5,9H,6H2,1H3;4*1-2H3. The van der Waals surface area contributed by atoms with Crippen LogP contribution in [0.4, 0.5) is 0 Å². The van der Waals surface area contributed by atoms with Crippen molar-refractivity contribution in [3.8, 4) is 6.07 Å². The van der Waals surface area contributed by atoms with Gasteiger partial charge in [-0.3, -0.25) is 0 Å². The van der Waals surface area contributed by atoms with Crippen LogP contribution >= 0.6 is 15.9 Å². The quantitative estimate of drug-likeness (QED) is 0.211. The van der Waals surface area contributed by atoms with Crippen LogP contribution in [0.5, 0.6) is 0 Å². The van der Waals surface area contributed by atoms with Crippen LogP contribution in [0.15, 0.2) is 97.1 Å². The predicted molar refractivity (Wildman–Crippen MR) is 200 cm³/mol. The molecular formula is C40H58BrNO3. The average molecular weight is 681 g/mol. The lowest BCUT2D eigenvalue weighted by Gasteiger charge is -1.97. The number of rotatable bonds is 3. The zero-order valence-electron chi connectivity index (χ0n) is 29.8. The molecule has 0 aliphatic heterocycles. The number of nitriles is 1. The zero-order chi connectivity index (χ0) is 35.6. The van der Waals surface area contributed by atoms with Crippen molar-refractivity contribution in [1.82, 2.24) is 0 Å². The first-order valence-electron chi connectivity index (χ1n) is 15.8. The minimum Gasteiger partial charge on any atom is -0.478 e. The summed E-state index contributed by atoms with van der Waals surface area (Å²) in [6.45, 7) is 24.0. The number of benzene rings is 4. The molecule has 0 fully saturated rings. The molecule has 2 N–H and O–H groups in total. The predicted octanol–water partition coefficient (Wildman–Crippen LogP) is 12.0. The Bertz CT molecular complexity index is 1240. The van der Waals surface area contributed by atoms with E-state index < -0.39 is 5.97 Å². The van der Waals surface area contributed by atoms with Crippen molar-refractivity contribution in [2.75, 3.05) is 0 Å². The number of carbonyl (C=O) groups is 1. The van der Waals surface area contributed by atoms with Gasteiger partial charge in [0.1, 0.15) is 0 Å². The van der Waals surface area contributed by atoms with Crippen LogP contribution in [0.25, 0.3) is 0 Å². The molecule has 5 heteroatoms. The van der Waals surface area contributed by atoms with E-state index in [-0.39, 0.29) is 6.61 Å². The first-order valence-corrected chi connectivity index (χ1v) is 16.9. The molecule has 0 atom stereocenters. The Kier molecular flexibility index (Phi) is 37.2. The second-order valence-electron chi connectivity index (χ2n) is 8.19. The summed E-state index contributed by atoms with van der Waals surface area (Å²) in [6, 6.07) is 32.7. The number of halogens is 1. The number of carboxylic acid groups (broad SMARTS) is 1. The monoisotopic (exact) mass is 679 g/mol. The fourth-order valence-electron chi connectivity index (χ4n) is 3.06. The normalized spacial score (nSPS) is 8.11. The number of aromatic carboxylic acids is 1. The summed E-state index contributed by atoms with van der Waals surface area (Å²) in [5, 5.41) is 26.7. The van der Waals surface area contributed by atoms with E-state index in [2.05, 4.69) is 53.2 Å². The fourth-order valence-corrected chi connectivity index (χ4v) is 3.69. The summed E-state index contributed by atoms with van der Waals surface area (Å²) in [4.78, 5) is 10.4. The highest BCUT2D eigenvalue weighted by atomic mass is 79.9. The van der Waals surface area contributed by atoms with Gasteiger partial charge in [0.05, 0.1) is 23.8 Å². The van der Waals surface area contributed by atoms with Crippen LogP contribution in [0.2, 0.25) is 0 Å². The van der Waals surface area contributed by atoms with Gasteiger partial charge >= 0.3 is 5.97 Å². The van der Waals surface area contributed by atoms with Crippen LogP contribution in [0.1, 0.15) is 105 Å². The topological polar surface area (TPSA) is 81.3 Å². The van der Waals surface area contributed by atoms with Crippen molar-refractivity contribution in [3.05, 3.63) is 142 Å². The number of alkyl halides is 1. The van der Waals surface area contributed by atoms with E-state index in [4.69, 9.17) is 15.5 Å². The van der Waals surface area contributed by atoms with Crippen molar-refractivity contribution >= 4 is 21.9 Å². The molecule has 248 valence electrons. The lowest BCUT2D eigenvalue weighted by molar-refractivity contribution is 0.0696. The molecule has 0 bridgehead atoms. The van der Waals surface area contributed by atoms with E-state index in [1.165, 1.54) is 11.1 Å². The summed E-state index contributed by atoms with van der Waals surface area (Å²) in [5.41, 5.74) is 7.87. The van der Waals surface area contributed by atoms with E-state index in [0.717, 1.165) is 33.1 Å². The van der Waals surface area contributed by atoms with Crippen LogP contribution in [0, 0.1) is 39.0 Å². The SMILES string of the molecule is CC.CC.CC.CC.Cc1ccccc1C#N.Cc1ccccc1C(=O)O.Cc1ccccc1CBr.Cc1ccccc1CO. The summed E-state index contributed by atoms with van der Waals surface area (Å²) in [6.07, 6.45) is 0. The molecule has 0 saturated heterocycles. The summed E-state index contributed by atoms with van der Waals surface area (Å²) >= 11 is 3.41. The zero-order valence-corrected chi connectivity index (χ0v) is 31.4. The first-order chi connectivity index (χ1) is 21.7. The third-order valence-corrected chi connectivity index (χ3v) is 6.08. The highest BCUT2D eigenvalue weighted by molar-refractivity contribution is 9.08. The van der Waals surface area contributed by atoms with Crippen molar-refractivity contribution in [2.24, 2.45) is 0 Å². The van der Waals surface area contributed by atoms with Crippen LogP contribution < -0.4 is 0 Å². The third kappa shape index (κ3) is 23.3. The number of aliphatic hydroxyl groups excluding tert-OH is 1. The Morgan fingerprint density at radius 3 is 1.20 bits per heavy atom. The molecule has 4 nitrogen and oxygen atoms in total. The average Bonchev–Trinajstić information content (AvgIpc) is 3.10. The summed E-state index contributed by atoms with van der Waals surface area (Å²) in [5.74, 6) is -0.863. The number of hydrogen-bond acceptors (Lipinski definition) is 3. The number of nitrogens with zero attached hydrogens (tertiary/aromatic N) is 1. The molecule has 0 spiro atoms. The van der Waals surface area contributed by atoms with Crippen molar-refractivity contribution in [2.45, 2.75) is 95.0 Å². The highest BCUT2D eigenvalue weighted by Crippen LogP contribution is 2.10. The maximum Gasteiger partial charge on any atom is 0.335 e. The molecule has 4 aromatic rings. The molecule has 0 unspecified atom stereocenters. The molecule has 0 radical (unpaired) electrons. The molecule has 0 saturated carbocycles. The maximum absolute atomic E-state index is 10.4. The Hall–Kier alpha value is -3.72. The number of aryl methyl sites for hydroxylation is 4. The minimum atomic E-state index is -0.863. The summed E-state index contributed by atoms with van der Waals surface area (Å²) < 4.78 is 0. The van der Waals surface area contributed by atoms with Gasteiger partial charge in [-0.05, 0) is 73.2 Å². The molecule has 0 aliphatic rings. The molecule has 0 aliphatic carbocycles. The van der Waals surface area contributed by atoms with Crippen LogP contribution in [0.3, 0.4) is 0 Å². The number of aliphatic hydroxyl groups is 1. The Labute approximate surface area is 283 Å². The second kappa shape index (κ2) is 34.8. The van der Waals surface area contributed by atoms with Gasteiger partial charge in [-0.1, -0.05) is 156 Å². The maximum atomic E-state index is 10.4. The van der Waals surface area contributed by atoms with Crippen molar-refractivity contribution < 1.29 is 15.0 Å². The third-order valence-electron chi connectivity index (χ3n) is 5.48. The molecule has 45 heavy (non-hydrogen) atoms. The number of carboxylic acids is 1. The highest BCUT2D eigenvalue weighted by Gasteiger charge is 2.03. The van der Waals surface area contributed by atoms with Gasteiger partial charge in [-0.2, -0.15) is 5.26 Å². The van der Waals surface area contributed by atoms with Crippen molar-refractivity contribution in [1.29, 1.82) is 5.26 Å². The molecular weight excluding hydrogens is 622 g/mol. The van der Waals surface area contributed by atoms with E-state index in [0.29, 0.717) is 5.56 Å². The van der Waals surface area contributed by atoms with Crippen LogP contribution in [-0.4, -0.2) is 16.2 Å². The summed E-state index contributed by atoms with van der Waals surface area (Å²) in [7, 11) is 0. The Morgan fingerprint density at radius 1 is 0.600 bits per heavy atom. The fraction of sp³-hybridized carbons (Fsp3) is 0.350. The van der Waals surface area contributed by atoms with Gasteiger partial charge in [0.2, 0.25) is 0 Å². The van der Waals surface area contributed by atoms with Gasteiger partial charge in [0, 0.05) is 5.33 Å². The molecule has 4 aromatic carbocycles. The Balaban J connectivity index is -0.000000231. The van der Waals surface area contributed by atoms with E-state index >= 15 is 0 Å². The Morgan fingerprint density at radius 2 is 0.956 bits per heavy atom. The largest absolute Gasteiger partial charge is 0.478 e. The lowest BCUT2D eigenvalue weighted by atomic mass is 10.1. The van der Waals surface area contributed by atoms with E-state index in [1.807, 2.05) is 124 Å². The van der Waals surface area contributed by atoms with Crippen LogP contribution in [-0.2, 0) is 11.9 Å². The van der Waals surface area contributed by atoms with Gasteiger partial charge in [0.15, 0.2) is 0 Å². The minimum absolute atomic E-state index is 0.146. The van der Waals surface area contributed by atoms with Gasteiger partial charge < -0.3 is 10.2 Å². The number of hydrogen-bond donors (Lipinski definition) is 2. The van der Waals surface area contributed by atoms with E-state index in [1.54, 1.807) is 25.1 Å². The lowest BCUT2D eigenvalue weighted by Crippen LogP contribution is -1.97. The molecule has 0 amide bonds. The van der Waals surface area contributed by atoms with Crippen molar-refractivity contribution in [3.63, 3.8) is 0 Å². The van der Waals surface area contributed by atoms with Gasteiger partial charge in [0.25, 0.3) is 0 Å². The first kappa shape index (κ1) is 48.2. The molecule has 4 rings (SSSR count). The molecule has 0 heterocycles. The van der Waals surface area contributed by atoms with E-state index in [9.17, 15) is 4.79 Å². The van der Waals surface area contributed by atoms with Gasteiger partial charge in [-0.15, -0.1) is 0 Å². The second-order valence-corrected chi connectivity index (χ2v) is 8.75. The smallest absolute Gasteiger partial charge is 0.335 e.